The number of ether oxygens (including phenoxy) is 1. The summed E-state index contributed by atoms with van der Waals surface area (Å²) in [5.41, 5.74) is -0.469. The molecule has 1 N–H and O–H groups in total. The second-order valence-electron chi connectivity index (χ2n) is 4.29. The van der Waals surface area contributed by atoms with Gasteiger partial charge >= 0.3 is 0 Å². The van der Waals surface area contributed by atoms with E-state index < -0.39 is 5.60 Å². The van der Waals surface area contributed by atoms with Crippen LogP contribution in [0.3, 0.4) is 0 Å². The quantitative estimate of drug-likeness (QED) is 0.671. The van der Waals surface area contributed by atoms with Gasteiger partial charge in [0.25, 0.3) is 0 Å². The van der Waals surface area contributed by atoms with Crippen LogP contribution in [0.25, 0.3) is 0 Å². The minimum atomic E-state index is -0.469. The second-order valence-corrected chi connectivity index (χ2v) is 4.29. The van der Waals surface area contributed by atoms with E-state index in [0.717, 1.165) is 19.3 Å². The minimum absolute atomic E-state index is 0.0699. The second kappa shape index (κ2) is 3.10. The molecule has 0 aromatic carbocycles. The maximum absolute atomic E-state index is 10.1. The Kier molecular flexibility index (Phi) is 2.20. The highest BCUT2D eigenvalue weighted by atomic mass is 16.5. The first-order valence-electron chi connectivity index (χ1n) is 5.17. The third-order valence-corrected chi connectivity index (χ3v) is 3.44. The molecule has 0 spiro atoms. The van der Waals surface area contributed by atoms with Gasteiger partial charge in [-0.3, -0.25) is 0 Å². The summed E-state index contributed by atoms with van der Waals surface area (Å²) in [5, 5.41) is 10.1. The van der Waals surface area contributed by atoms with Crippen molar-refractivity contribution >= 4 is 0 Å². The Morgan fingerprint density at radius 3 is 3.08 bits per heavy atom. The van der Waals surface area contributed by atoms with E-state index in [1.54, 1.807) is 0 Å². The van der Waals surface area contributed by atoms with Crippen molar-refractivity contribution in [2.45, 2.75) is 37.9 Å². The number of fused-ring (bicyclic) bond motifs is 1. The number of rotatable bonds is 4. The van der Waals surface area contributed by atoms with Crippen LogP contribution in [0.4, 0.5) is 0 Å². The molecule has 0 radical (unpaired) electrons. The maximum atomic E-state index is 10.1. The zero-order chi connectivity index (χ0) is 9.47. The Morgan fingerprint density at radius 2 is 2.46 bits per heavy atom. The number of hydrogen-bond acceptors (Lipinski definition) is 2. The van der Waals surface area contributed by atoms with Gasteiger partial charge in [0.05, 0.1) is 11.7 Å². The molecule has 4 atom stereocenters. The van der Waals surface area contributed by atoms with Gasteiger partial charge in [0, 0.05) is 6.61 Å². The van der Waals surface area contributed by atoms with E-state index >= 15 is 0 Å². The van der Waals surface area contributed by atoms with Gasteiger partial charge in [-0.1, -0.05) is 6.08 Å². The van der Waals surface area contributed by atoms with Crippen molar-refractivity contribution in [3.05, 3.63) is 12.7 Å². The zero-order valence-electron chi connectivity index (χ0n) is 8.20. The average Bonchev–Trinajstić information content (AvgIpc) is 2.66. The molecule has 0 aliphatic heterocycles. The van der Waals surface area contributed by atoms with Crippen molar-refractivity contribution in [3.63, 3.8) is 0 Å². The fraction of sp³-hybridized carbons (Fsp3) is 0.818. The number of hydrogen-bond donors (Lipinski definition) is 1. The maximum Gasteiger partial charge on any atom is 0.0943 e. The molecule has 13 heavy (non-hydrogen) atoms. The predicted octanol–water partition coefficient (Wildman–Crippen LogP) is 1.74. The van der Waals surface area contributed by atoms with Crippen LogP contribution in [0.1, 0.15) is 26.2 Å². The largest absolute Gasteiger partial charge is 0.387 e. The van der Waals surface area contributed by atoms with E-state index in [1.165, 1.54) is 0 Å². The van der Waals surface area contributed by atoms with E-state index in [0.29, 0.717) is 18.4 Å². The monoisotopic (exact) mass is 182 g/mol. The number of allylic oxidation sites excluding steroid dienone is 1. The molecule has 0 aromatic rings. The summed E-state index contributed by atoms with van der Waals surface area (Å²) in [6.45, 7) is 6.44. The SMILES string of the molecule is C=CCC1CC2C[C@]2(O)C1OCC. The molecule has 2 aliphatic rings. The summed E-state index contributed by atoms with van der Waals surface area (Å²) in [6.07, 6.45) is 5.05. The number of aliphatic hydroxyl groups is 1. The Hall–Kier alpha value is -0.340. The topological polar surface area (TPSA) is 29.5 Å². The first kappa shape index (κ1) is 9.22. The lowest BCUT2D eigenvalue weighted by atomic mass is 9.96. The molecule has 2 saturated carbocycles. The van der Waals surface area contributed by atoms with Crippen LogP contribution in [0.15, 0.2) is 12.7 Å². The Balaban J connectivity index is 2.02. The normalized spacial score (nSPS) is 47.4. The molecule has 0 heterocycles. The summed E-state index contributed by atoms with van der Waals surface area (Å²) >= 11 is 0. The molecule has 0 saturated heterocycles. The average molecular weight is 182 g/mol. The van der Waals surface area contributed by atoms with Gasteiger partial charge in [-0.05, 0) is 38.0 Å². The molecule has 2 nitrogen and oxygen atoms in total. The highest BCUT2D eigenvalue weighted by Crippen LogP contribution is 2.59. The predicted molar refractivity (Wildman–Crippen MR) is 51.4 cm³/mol. The minimum Gasteiger partial charge on any atom is -0.387 e. The van der Waals surface area contributed by atoms with Crippen molar-refractivity contribution in [2.75, 3.05) is 6.61 Å². The van der Waals surface area contributed by atoms with Crippen molar-refractivity contribution in [1.29, 1.82) is 0 Å². The van der Waals surface area contributed by atoms with E-state index in [9.17, 15) is 5.11 Å². The van der Waals surface area contributed by atoms with Gasteiger partial charge in [-0.25, -0.2) is 0 Å². The third-order valence-electron chi connectivity index (χ3n) is 3.44. The van der Waals surface area contributed by atoms with Gasteiger partial charge in [0.15, 0.2) is 0 Å². The fourth-order valence-corrected chi connectivity index (χ4v) is 2.76. The van der Waals surface area contributed by atoms with Crippen LogP contribution in [-0.4, -0.2) is 23.4 Å². The first-order valence-corrected chi connectivity index (χ1v) is 5.17. The van der Waals surface area contributed by atoms with E-state index in [4.69, 9.17) is 4.74 Å². The smallest absolute Gasteiger partial charge is 0.0943 e. The molecule has 2 fully saturated rings. The van der Waals surface area contributed by atoms with Gasteiger partial charge in [0.1, 0.15) is 0 Å². The van der Waals surface area contributed by atoms with Crippen LogP contribution in [0.5, 0.6) is 0 Å². The standard InChI is InChI=1S/C11H18O2/c1-3-5-8-6-9-7-11(9,12)10(8)13-4-2/h3,8-10,12H,1,4-7H2,2H3/t8?,9?,10?,11-/m1/s1. The molecule has 2 aliphatic carbocycles. The van der Waals surface area contributed by atoms with Gasteiger partial charge in [-0.15, -0.1) is 6.58 Å². The Morgan fingerprint density at radius 1 is 1.69 bits per heavy atom. The van der Waals surface area contributed by atoms with E-state index in [1.807, 2.05) is 13.0 Å². The summed E-state index contributed by atoms with van der Waals surface area (Å²) in [5.74, 6) is 1.01. The summed E-state index contributed by atoms with van der Waals surface area (Å²) in [4.78, 5) is 0. The van der Waals surface area contributed by atoms with Crippen molar-refractivity contribution in [3.8, 4) is 0 Å². The highest BCUT2D eigenvalue weighted by Gasteiger charge is 2.66. The molecule has 0 aromatic heterocycles. The van der Waals surface area contributed by atoms with Gasteiger partial charge in [0.2, 0.25) is 0 Å². The van der Waals surface area contributed by atoms with Crippen molar-refractivity contribution in [2.24, 2.45) is 11.8 Å². The highest BCUT2D eigenvalue weighted by molar-refractivity contribution is 5.17. The lowest BCUT2D eigenvalue weighted by Gasteiger charge is -2.24. The van der Waals surface area contributed by atoms with Gasteiger partial charge in [-0.2, -0.15) is 0 Å². The van der Waals surface area contributed by atoms with Crippen molar-refractivity contribution < 1.29 is 9.84 Å². The lowest BCUT2D eigenvalue weighted by Crippen LogP contribution is -2.33. The molecule has 74 valence electrons. The lowest BCUT2D eigenvalue weighted by molar-refractivity contribution is -0.0608. The molecule has 0 amide bonds. The third kappa shape index (κ3) is 1.32. The van der Waals surface area contributed by atoms with E-state index in [-0.39, 0.29) is 6.10 Å². The molecule has 2 heteroatoms. The molecule has 0 bridgehead atoms. The Labute approximate surface area is 79.6 Å². The van der Waals surface area contributed by atoms with Crippen LogP contribution in [0, 0.1) is 11.8 Å². The first-order chi connectivity index (χ1) is 6.22. The zero-order valence-corrected chi connectivity index (χ0v) is 8.20. The summed E-state index contributed by atoms with van der Waals surface area (Å²) in [7, 11) is 0. The molecular weight excluding hydrogens is 164 g/mol. The van der Waals surface area contributed by atoms with Crippen LogP contribution in [0.2, 0.25) is 0 Å². The summed E-state index contributed by atoms with van der Waals surface area (Å²) in [6, 6.07) is 0. The Bertz CT molecular complexity index is 214. The summed E-state index contributed by atoms with van der Waals surface area (Å²) < 4.78 is 5.63. The van der Waals surface area contributed by atoms with E-state index in [2.05, 4.69) is 6.58 Å². The molecule has 2 rings (SSSR count). The van der Waals surface area contributed by atoms with Crippen LogP contribution >= 0.6 is 0 Å². The fourth-order valence-electron chi connectivity index (χ4n) is 2.76. The van der Waals surface area contributed by atoms with Crippen molar-refractivity contribution in [1.82, 2.24) is 0 Å². The molecule has 3 unspecified atom stereocenters. The van der Waals surface area contributed by atoms with Gasteiger partial charge < -0.3 is 9.84 Å². The molecular formula is C11H18O2. The van der Waals surface area contributed by atoms with Crippen LogP contribution < -0.4 is 0 Å². The van der Waals surface area contributed by atoms with Crippen LogP contribution in [-0.2, 0) is 4.74 Å².